The summed E-state index contributed by atoms with van der Waals surface area (Å²) in [5.74, 6) is -0.639. The van der Waals surface area contributed by atoms with Crippen LogP contribution in [0.5, 0.6) is 0 Å². The van der Waals surface area contributed by atoms with E-state index in [-0.39, 0.29) is 17.1 Å². The van der Waals surface area contributed by atoms with E-state index in [1.54, 1.807) is 6.07 Å². The molecule has 1 aromatic carbocycles. The third-order valence-corrected chi connectivity index (χ3v) is 5.47. The fraction of sp³-hybridized carbons (Fsp3) is 0.467. The summed E-state index contributed by atoms with van der Waals surface area (Å²) in [6.07, 6.45) is 3.85. The number of carbonyl (C=O) groups excluding carboxylic acids is 1. The molecule has 0 aromatic heterocycles. The van der Waals surface area contributed by atoms with Crippen LogP contribution in [0.3, 0.4) is 0 Å². The van der Waals surface area contributed by atoms with Gasteiger partial charge in [0.25, 0.3) is 0 Å². The number of hydrogen-bond donors (Lipinski definition) is 0. The van der Waals surface area contributed by atoms with Crippen LogP contribution >= 0.6 is 0 Å². The van der Waals surface area contributed by atoms with Crippen molar-refractivity contribution in [2.75, 3.05) is 19.7 Å². The number of esters is 1. The molecule has 6 nitrogen and oxygen atoms in total. The lowest BCUT2D eigenvalue weighted by Gasteiger charge is -2.19. The van der Waals surface area contributed by atoms with Gasteiger partial charge in [-0.05, 0) is 37.1 Å². The molecule has 118 valence electrons. The van der Waals surface area contributed by atoms with E-state index in [0.29, 0.717) is 13.1 Å². The van der Waals surface area contributed by atoms with Gasteiger partial charge < -0.3 is 4.74 Å². The normalized spacial score (nSPS) is 16.5. The number of ether oxygens (including phenoxy) is 1. The van der Waals surface area contributed by atoms with Gasteiger partial charge in [0.2, 0.25) is 10.0 Å². The number of carbonyl (C=O) groups is 1. The highest BCUT2D eigenvalue weighted by molar-refractivity contribution is 7.89. The minimum Gasteiger partial charge on any atom is -0.447 e. The van der Waals surface area contributed by atoms with Crippen molar-refractivity contribution in [3.05, 3.63) is 29.8 Å². The van der Waals surface area contributed by atoms with Crippen molar-refractivity contribution in [2.45, 2.75) is 30.6 Å². The maximum Gasteiger partial charge on any atom is 0.339 e. The van der Waals surface area contributed by atoms with Crippen molar-refractivity contribution in [1.82, 2.24) is 4.31 Å². The van der Waals surface area contributed by atoms with E-state index < -0.39 is 16.0 Å². The minimum absolute atomic E-state index is 0.172. The van der Waals surface area contributed by atoms with Gasteiger partial charge >= 0.3 is 5.97 Å². The standard InChI is InChI=1S/C15H18N2O4S/c16-9-12-21-15(18)13-5-7-14(8-6-13)22(19,20)17-10-3-1-2-4-11-17/h5-8H,1-4,10-12H2. The Morgan fingerprint density at radius 1 is 1.14 bits per heavy atom. The molecular formula is C15H18N2O4S. The molecule has 22 heavy (non-hydrogen) atoms. The molecule has 1 aliphatic rings. The fourth-order valence-corrected chi connectivity index (χ4v) is 3.89. The van der Waals surface area contributed by atoms with Crippen molar-refractivity contribution in [2.24, 2.45) is 0 Å². The maximum absolute atomic E-state index is 12.6. The second kappa shape index (κ2) is 7.38. The van der Waals surface area contributed by atoms with Crippen LogP contribution in [0.1, 0.15) is 36.0 Å². The van der Waals surface area contributed by atoms with Gasteiger partial charge in [-0.2, -0.15) is 9.57 Å². The molecule has 0 amide bonds. The highest BCUT2D eigenvalue weighted by Gasteiger charge is 2.25. The first kappa shape index (κ1) is 16.5. The van der Waals surface area contributed by atoms with Crippen LogP contribution in [0.4, 0.5) is 0 Å². The van der Waals surface area contributed by atoms with Crippen LogP contribution in [0.15, 0.2) is 29.2 Å². The molecule has 1 fully saturated rings. The Morgan fingerprint density at radius 2 is 1.73 bits per heavy atom. The average Bonchev–Trinajstić information content (AvgIpc) is 2.82. The molecule has 0 bridgehead atoms. The Balaban J connectivity index is 2.15. The lowest BCUT2D eigenvalue weighted by molar-refractivity contribution is 0.0555. The zero-order valence-corrected chi connectivity index (χ0v) is 13.0. The Morgan fingerprint density at radius 3 is 2.27 bits per heavy atom. The van der Waals surface area contributed by atoms with Crippen LogP contribution in [0.25, 0.3) is 0 Å². The number of hydrogen-bond acceptors (Lipinski definition) is 5. The third-order valence-electron chi connectivity index (χ3n) is 3.56. The van der Waals surface area contributed by atoms with Gasteiger partial charge in [0.15, 0.2) is 6.61 Å². The predicted octanol–water partition coefficient (Wildman–Crippen LogP) is 1.93. The van der Waals surface area contributed by atoms with Gasteiger partial charge in [-0.3, -0.25) is 0 Å². The summed E-state index contributed by atoms with van der Waals surface area (Å²) in [6, 6.07) is 7.33. The van der Waals surface area contributed by atoms with Crippen molar-refractivity contribution < 1.29 is 17.9 Å². The van der Waals surface area contributed by atoms with Gasteiger partial charge in [-0.25, -0.2) is 13.2 Å². The van der Waals surface area contributed by atoms with E-state index in [1.807, 2.05) is 0 Å². The second-order valence-electron chi connectivity index (χ2n) is 5.08. The zero-order valence-electron chi connectivity index (χ0n) is 12.2. The average molecular weight is 322 g/mol. The molecule has 1 aliphatic heterocycles. The molecule has 7 heteroatoms. The first-order valence-electron chi connectivity index (χ1n) is 7.20. The van der Waals surface area contributed by atoms with Crippen molar-refractivity contribution in [1.29, 1.82) is 5.26 Å². The molecular weight excluding hydrogens is 304 g/mol. The van der Waals surface area contributed by atoms with Crippen LogP contribution < -0.4 is 0 Å². The van der Waals surface area contributed by atoms with Crippen molar-refractivity contribution in [3.8, 4) is 6.07 Å². The van der Waals surface area contributed by atoms with E-state index in [2.05, 4.69) is 4.74 Å². The molecule has 0 aliphatic carbocycles. The highest BCUT2D eigenvalue weighted by Crippen LogP contribution is 2.20. The first-order chi connectivity index (χ1) is 10.6. The molecule has 0 unspecified atom stereocenters. The summed E-state index contributed by atoms with van der Waals surface area (Å²) >= 11 is 0. The maximum atomic E-state index is 12.6. The lowest BCUT2D eigenvalue weighted by atomic mass is 10.2. The quantitative estimate of drug-likeness (QED) is 0.790. The van der Waals surface area contributed by atoms with Crippen LogP contribution in [-0.2, 0) is 14.8 Å². The second-order valence-corrected chi connectivity index (χ2v) is 7.01. The molecule has 1 heterocycles. The number of benzene rings is 1. The van der Waals surface area contributed by atoms with Crippen molar-refractivity contribution >= 4 is 16.0 Å². The SMILES string of the molecule is N#CCOC(=O)c1ccc(S(=O)(=O)N2CCCCCC2)cc1. The Bertz CT molecular complexity index is 654. The molecule has 0 atom stereocenters. The van der Waals surface area contributed by atoms with E-state index in [4.69, 9.17) is 5.26 Å². The first-order valence-corrected chi connectivity index (χ1v) is 8.64. The molecule has 0 saturated carbocycles. The monoisotopic (exact) mass is 322 g/mol. The number of rotatable bonds is 4. The number of nitrogens with zero attached hydrogens (tertiary/aromatic N) is 2. The third kappa shape index (κ3) is 3.84. The molecule has 1 aromatic rings. The van der Waals surface area contributed by atoms with E-state index in [0.717, 1.165) is 25.7 Å². The van der Waals surface area contributed by atoms with E-state index in [1.165, 1.54) is 28.6 Å². The zero-order chi connectivity index (χ0) is 16.0. The van der Waals surface area contributed by atoms with Crippen LogP contribution in [0.2, 0.25) is 0 Å². The summed E-state index contributed by atoms with van der Waals surface area (Å²) in [7, 11) is -3.52. The van der Waals surface area contributed by atoms with Gasteiger partial charge in [0.1, 0.15) is 6.07 Å². The number of nitriles is 1. The van der Waals surface area contributed by atoms with E-state index >= 15 is 0 Å². The predicted molar refractivity (Wildman–Crippen MR) is 79.6 cm³/mol. The van der Waals surface area contributed by atoms with Crippen molar-refractivity contribution in [3.63, 3.8) is 0 Å². The Kier molecular flexibility index (Phi) is 5.52. The molecule has 1 saturated heterocycles. The fourth-order valence-electron chi connectivity index (χ4n) is 2.38. The molecule has 2 rings (SSSR count). The van der Waals surface area contributed by atoms with Gasteiger partial charge in [0.05, 0.1) is 10.5 Å². The summed E-state index contributed by atoms with van der Waals surface area (Å²) < 4.78 is 31.3. The molecule has 0 spiro atoms. The highest BCUT2D eigenvalue weighted by atomic mass is 32.2. The molecule has 0 N–H and O–H groups in total. The Labute approximate surface area is 130 Å². The van der Waals surface area contributed by atoms with Crippen LogP contribution in [0, 0.1) is 11.3 Å². The minimum atomic E-state index is -3.52. The lowest BCUT2D eigenvalue weighted by Crippen LogP contribution is -2.31. The summed E-state index contributed by atoms with van der Waals surface area (Å²) in [5.41, 5.74) is 0.227. The van der Waals surface area contributed by atoms with Gasteiger partial charge in [0, 0.05) is 13.1 Å². The van der Waals surface area contributed by atoms with E-state index in [9.17, 15) is 13.2 Å². The molecule has 0 radical (unpaired) electrons. The summed E-state index contributed by atoms with van der Waals surface area (Å²) in [4.78, 5) is 11.8. The summed E-state index contributed by atoms with van der Waals surface area (Å²) in [6.45, 7) is 0.745. The Hall–Kier alpha value is -1.91. The topological polar surface area (TPSA) is 87.5 Å². The van der Waals surface area contributed by atoms with Gasteiger partial charge in [-0.15, -0.1) is 0 Å². The van der Waals surface area contributed by atoms with Crippen LogP contribution in [-0.4, -0.2) is 38.4 Å². The van der Waals surface area contributed by atoms with Gasteiger partial charge in [-0.1, -0.05) is 12.8 Å². The largest absolute Gasteiger partial charge is 0.447 e. The smallest absolute Gasteiger partial charge is 0.339 e. The number of sulfonamides is 1. The summed E-state index contributed by atoms with van der Waals surface area (Å²) in [5, 5.41) is 8.37.